The first-order chi connectivity index (χ1) is 11.8. The normalized spacial score (nSPS) is 11.5. The molecule has 0 atom stereocenters. The molecule has 25 heavy (non-hydrogen) atoms. The van der Waals surface area contributed by atoms with Gasteiger partial charge in [-0.15, -0.1) is 5.10 Å². The molecule has 0 aliphatic carbocycles. The third-order valence-electron chi connectivity index (χ3n) is 3.58. The van der Waals surface area contributed by atoms with Crippen molar-refractivity contribution in [3.63, 3.8) is 0 Å². The molecule has 0 saturated carbocycles. The highest BCUT2D eigenvalue weighted by atomic mass is 19.4. The highest BCUT2D eigenvalue weighted by Crippen LogP contribution is 2.32. The summed E-state index contributed by atoms with van der Waals surface area (Å²) in [6.45, 7) is 1.82. The third kappa shape index (κ3) is 3.23. The maximum absolute atomic E-state index is 13.0. The summed E-state index contributed by atoms with van der Waals surface area (Å²) in [6, 6.07) is 11.4. The Morgan fingerprint density at radius 1 is 1.12 bits per heavy atom. The van der Waals surface area contributed by atoms with Gasteiger partial charge in [-0.1, -0.05) is 35.0 Å². The lowest BCUT2D eigenvalue weighted by molar-refractivity contribution is -0.137. The van der Waals surface area contributed by atoms with Gasteiger partial charge in [0.1, 0.15) is 5.69 Å². The Bertz CT molecular complexity index is 948. The van der Waals surface area contributed by atoms with Crippen molar-refractivity contribution in [1.29, 1.82) is 0 Å². The molecular weight excluding hydrogens is 335 g/mol. The number of halogens is 3. The summed E-state index contributed by atoms with van der Waals surface area (Å²) in [4.78, 5) is 11.5. The van der Waals surface area contributed by atoms with Crippen molar-refractivity contribution in [3.05, 3.63) is 65.4 Å². The fraction of sp³-hybridized carbons (Fsp3) is 0.118. The van der Waals surface area contributed by atoms with Crippen molar-refractivity contribution in [2.24, 2.45) is 0 Å². The van der Waals surface area contributed by atoms with Gasteiger partial charge in [-0.3, -0.25) is 0 Å². The summed E-state index contributed by atoms with van der Waals surface area (Å²) in [7, 11) is 0. The van der Waals surface area contributed by atoms with Crippen LogP contribution >= 0.6 is 0 Å². The molecule has 2 aromatic carbocycles. The van der Waals surface area contributed by atoms with Gasteiger partial charge in [0.25, 0.3) is 0 Å². The Morgan fingerprint density at radius 2 is 1.84 bits per heavy atom. The molecule has 0 aliphatic rings. The third-order valence-corrected chi connectivity index (χ3v) is 3.58. The Kier molecular flexibility index (Phi) is 4.03. The van der Waals surface area contributed by atoms with Crippen LogP contribution < -0.4 is 0 Å². The first-order valence-corrected chi connectivity index (χ1v) is 7.21. The Morgan fingerprint density at radius 3 is 2.48 bits per heavy atom. The zero-order chi connectivity index (χ0) is 18.2. The molecule has 0 aliphatic heterocycles. The number of benzene rings is 2. The van der Waals surface area contributed by atoms with Crippen molar-refractivity contribution >= 4 is 5.97 Å². The zero-order valence-electron chi connectivity index (χ0n) is 12.9. The largest absolute Gasteiger partial charge is 0.476 e. The minimum atomic E-state index is -4.52. The van der Waals surface area contributed by atoms with Crippen LogP contribution in [0.2, 0.25) is 0 Å². The van der Waals surface area contributed by atoms with Crippen LogP contribution in [0.25, 0.3) is 16.9 Å². The fourth-order valence-corrected chi connectivity index (χ4v) is 2.47. The second kappa shape index (κ2) is 6.04. The van der Waals surface area contributed by atoms with Gasteiger partial charge in [-0.05, 0) is 31.2 Å². The van der Waals surface area contributed by atoms with Crippen LogP contribution in [0.4, 0.5) is 13.2 Å². The molecule has 0 unspecified atom stereocenters. The molecule has 3 aromatic rings. The maximum atomic E-state index is 13.0. The lowest BCUT2D eigenvalue weighted by atomic mass is 10.1. The van der Waals surface area contributed by atoms with Crippen LogP contribution in [0.3, 0.4) is 0 Å². The van der Waals surface area contributed by atoms with E-state index in [0.29, 0.717) is 5.56 Å². The molecule has 3 rings (SSSR count). The summed E-state index contributed by atoms with van der Waals surface area (Å²) in [6.07, 6.45) is -4.52. The van der Waals surface area contributed by atoms with Crippen LogP contribution in [0.1, 0.15) is 21.6 Å². The molecule has 0 amide bonds. The number of hydrogen-bond donors (Lipinski definition) is 1. The summed E-state index contributed by atoms with van der Waals surface area (Å²) in [5.41, 5.74) is 0.378. The highest BCUT2D eigenvalue weighted by molar-refractivity contribution is 5.93. The number of rotatable bonds is 3. The fourth-order valence-electron chi connectivity index (χ4n) is 2.47. The predicted octanol–water partition coefficient (Wildman–Crippen LogP) is 3.96. The van der Waals surface area contributed by atoms with Crippen LogP contribution in [0.5, 0.6) is 0 Å². The topological polar surface area (TPSA) is 68.0 Å². The van der Waals surface area contributed by atoms with E-state index in [1.807, 2.05) is 13.0 Å². The van der Waals surface area contributed by atoms with E-state index in [2.05, 4.69) is 10.3 Å². The molecule has 5 nitrogen and oxygen atoms in total. The number of carboxylic acids is 1. The molecule has 0 spiro atoms. The number of alkyl halides is 3. The molecule has 0 bridgehead atoms. The smallest absolute Gasteiger partial charge is 0.416 e. The average molecular weight is 347 g/mol. The van der Waals surface area contributed by atoms with E-state index < -0.39 is 17.7 Å². The van der Waals surface area contributed by atoms with Gasteiger partial charge in [0.15, 0.2) is 5.69 Å². The lowest BCUT2D eigenvalue weighted by Crippen LogP contribution is -2.08. The first-order valence-electron chi connectivity index (χ1n) is 7.21. The number of hydrogen-bond acceptors (Lipinski definition) is 3. The van der Waals surface area contributed by atoms with Gasteiger partial charge < -0.3 is 5.11 Å². The SMILES string of the molecule is Cc1cccc(-c2c(C(=O)O)nnn2-c2cccc(C(F)(F)F)c2)c1. The van der Waals surface area contributed by atoms with E-state index in [1.165, 1.54) is 12.1 Å². The van der Waals surface area contributed by atoms with Gasteiger partial charge in [0.2, 0.25) is 0 Å². The van der Waals surface area contributed by atoms with Crippen LogP contribution in [-0.4, -0.2) is 26.1 Å². The predicted molar refractivity (Wildman–Crippen MR) is 83.5 cm³/mol. The van der Waals surface area contributed by atoms with Crippen molar-refractivity contribution < 1.29 is 23.1 Å². The number of aromatic carboxylic acids is 1. The second-order valence-corrected chi connectivity index (χ2v) is 5.42. The maximum Gasteiger partial charge on any atom is 0.416 e. The van der Waals surface area contributed by atoms with Crippen molar-refractivity contribution in [2.45, 2.75) is 13.1 Å². The van der Waals surface area contributed by atoms with E-state index in [4.69, 9.17) is 0 Å². The summed E-state index contributed by atoms with van der Waals surface area (Å²) >= 11 is 0. The first kappa shape index (κ1) is 16.7. The summed E-state index contributed by atoms with van der Waals surface area (Å²) < 4.78 is 40.0. The number of nitrogens with zero attached hydrogens (tertiary/aromatic N) is 3. The highest BCUT2D eigenvalue weighted by Gasteiger charge is 2.31. The molecule has 128 valence electrons. The van der Waals surface area contributed by atoms with E-state index >= 15 is 0 Å². The van der Waals surface area contributed by atoms with Gasteiger partial charge in [0, 0.05) is 5.56 Å². The molecule has 0 saturated heterocycles. The van der Waals surface area contributed by atoms with Crippen LogP contribution in [0.15, 0.2) is 48.5 Å². The molecule has 0 fully saturated rings. The van der Waals surface area contributed by atoms with Gasteiger partial charge in [0.05, 0.1) is 11.3 Å². The van der Waals surface area contributed by atoms with Crippen molar-refractivity contribution in [3.8, 4) is 16.9 Å². The average Bonchev–Trinajstić information content (AvgIpc) is 2.99. The zero-order valence-corrected chi connectivity index (χ0v) is 12.9. The molecule has 1 aromatic heterocycles. The Balaban J connectivity index is 2.23. The quantitative estimate of drug-likeness (QED) is 0.779. The molecule has 1 heterocycles. The molecule has 8 heteroatoms. The Labute approximate surface area is 140 Å². The van der Waals surface area contributed by atoms with Crippen molar-refractivity contribution in [2.75, 3.05) is 0 Å². The van der Waals surface area contributed by atoms with E-state index in [9.17, 15) is 23.1 Å². The molecular formula is C17H12F3N3O2. The summed E-state index contributed by atoms with van der Waals surface area (Å²) in [5, 5.41) is 16.7. The molecule has 0 radical (unpaired) electrons. The van der Waals surface area contributed by atoms with E-state index in [-0.39, 0.29) is 17.1 Å². The number of aryl methyl sites for hydroxylation is 1. The minimum absolute atomic E-state index is 0.0753. The molecule has 1 N–H and O–H groups in total. The number of carboxylic acid groups (broad SMARTS) is 1. The number of aromatic nitrogens is 3. The van der Waals surface area contributed by atoms with Crippen molar-refractivity contribution in [1.82, 2.24) is 15.0 Å². The van der Waals surface area contributed by atoms with E-state index in [1.54, 1.807) is 18.2 Å². The lowest BCUT2D eigenvalue weighted by Gasteiger charge is -2.11. The second-order valence-electron chi connectivity index (χ2n) is 5.42. The van der Waals surface area contributed by atoms with Crippen LogP contribution in [-0.2, 0) is 6.18 Å². The van der Waals surface area contributed by atoms with E-state index in [0.717, 1.165) is 22.4 Å². The summed E-state index contributed by atoms with van der Waals surface area (Å²) in [5.74, 6) is -1.31. The van der Waals surface area contributed by atoms with Gasteiger partial charge >= 0.3 is 12.1 Å². The van der Waals surface area contributed by atoms with Gasteiger partial charge in [-0.2, -0.15) is 13.2 Å². The minimum Gasteiger partial charge on any atom is -0.476 e. The van der Waals surface area contributed by atoms with Gasteiger partial charge in [-0.25, -0.2) is 9.48 Å². The van der Waals surface area contributed by atoms with Crippen LogP contribution in [0, 0.1) is 6.92 Å². The number of carbonyl (C=O) groups is 1. The standard InChI is InChI=1S/C17H12F3N3O2/c1-10-4-2-5-11(8-10)15-14(16(24)25)21-22-23(15)13-7-3-6-12(9-13)17(18,19)20/h2-9H,1H3,(H,24,25). The Hall–Kier alpha value is -3.16. The monoisotopic (exact) mass is 347 g/mol.